The Kier molecular flexibility index (Phi) is 7.35. The molecular formula is C29H30N4O5. The zero-order valence-corrected chi connectivity index (χ0v) is 20.9. The van der Waals surface area contributed by atoms with Gasteiger partial charge in [0.05, 0.1) is 0 Å². The summed E-state index contributed by atoms with van der Waals surface area (Å²) in [4.78, 5) is 63.9. The topological polar surface area (TPSA) is 125 Å². The van der Waals surface area contributed by atoms with Gasteiger partial charge >= 0.3 is 0 Å². The highest BCUT2D eigenvalue weighted by atomic mass is 16.2. The SMILES string of the molecule is O=C1C=CC(N2Cc3cc(CNC(=O)C(NC(=O)CC4CCCC4)c4ccccc4)ccc3C2=O)C(=O)N1. The molecule has 2 aliphatic heterocycles. The Morgan fingerprint density at radius 2 is 1.79 bits per heavy atom. The van der Waals surface area contributed by atoms with Crippen LogP contribution in [0.5, 0.6) is 0 Å². The van der Waals surface area contributed by atoms with Gasteiger partial charge in [-0.25, -0.2) is 0 Å². The standard InChI is InChI=1S/C29H30N4O5/c34-24-13-12-23(27(36)32-24)33-17-21-14-19(10-11-22(21)29(33)38)16-30-28(37)26(20-8-2-1-3-9-20)31-25(35)15-18-6-4-5-7-18/h1-3,8-14,18,23,26H,4-7,15-17H2,(H,30,37)(H,31,35)(H,32,34,36). The molecule has 0 radical (unpaired) electrons. The zero-order valence-electron chi connectivity index (χ0n) is 20.9. The molecule has 2 aromatic carbocycles. The van der Waals surface area contributed by atoms with Crippen LogP contribution in [0.25, 0.3) is 0 Å². The predicted molar refractivity (Wildman–Crippen MR) is 138 cm³/mol. The first kappa shape index (κ1) is 25.4. The van der Waals surface area contributed by atoms with Crippen molar-refractivity contribution in [2.45, 2.75) is 57.3 Å². The quantitative estimate of drug-likeness (QED) is 0.466. The molecule has 2 atom stereocenters. The molecule has 38 heavy (non-hydrogen) atoms. The molecule has 5 rings (SSSR count). The summed E-state index contributed by atoms with van der Waals surface area (Å²) in [7, 11) is 0. The molecule has 1 fully saturated rings. The van der Waals surface area contributed by atoms with Crippen molar-refractivity contribution in [2.24, 2.45) is 5.92 Å². The fourth-order valence-corrected chi connectivity index (χ4v) is 5.41. The highest BCUT2D eigenvalue weighted by molar-refractivity contribution is 6.09. The minimum Gasteiger partial charge on any atom is -0.350 e. The summed E-state index contributed by atoms with van der Waals surface area (Å²) < 4.78 is 0. The lowest BCUT2D eigenvalue weighted by molar-refractivity contribution is -0.131. The van der Waals surface area contributed by atoms with Crippen LogP contribution in [0.2, 0.25) is 0 Å². The lowest BCUT2D eigenvalue weighted by Gasteiger charge is -2.25. The monoisotopic (exact) mass is 514 g/mol. The molecule has 0 aromatic heterocycles. The van der Waals surface area contributed by atoms with Crippen molar-refractivity contribution in [1.29, 1.82) is 0 Å². The zero-order chi connectivity index (χ0) is 26.6. The van der Waals surface area contributed by atoms with E-state index in [1.807, 2.05) is 36.4 Å². The number of carbonyl (C=O) groups excluding carboxylic acids is 5. The van der Waals surface area contributed by atoms with Gasteiger partial charge in [0.1, 0.15) is 12.1 Å². The van der Waals surface area contributed by atoms with E-state index in [0.717, 1.165) is 36.8 Å². The number of hydrogen-bond acceptors (Lipinski definition) is 5. The molecule has 9 nitrogen and oxygen atoms in total. The molecule has 5 amide bonds. The Hall–Kier alpha value is -4.27. The van der Waals surface area contributed by atoms with Crippen LogP contribution in [-0.2, 0) is 32.3 Å². The highest BCUT2D eigenvalue weighted by Crippen LogP contribution is 2.28. The molecule has 0 saturated heterocycles. The van der Waals surface area contributed by atoms with Gasteiger partial charge in [-0.2, -0.15) is 0 Å². The summed E-state index contributed by atoms with van der Waals surface area (Å²) in [5.41, 5.74) is 2.72. The molecule has 2 aromatic rings. The molecule has 1 aliphatic carbocycles. The summed E-state index contributed by atoms with van der Waals surface area (Å²) >= 11 is 0. The Labute approximate surface area is 220 Å². The number of nitrogens with zero attached hydrogens (tertiary/aromatic N) is 1. The van der Waals surface area contributed by atoms with E-state index in [0.29, 0.717) is 23.5 Å². The van der Waals surface area contributed by atoms with Crippen LogP contribution >= 0.6 is 0 Å². The number of carbonyl (C=O) groups is 5. The summed E-state index contributed by atoms with van der Waals surface area (Å²) in [5, 5.41) is 8.06. The number of rotatable bonds is 8. The van der Waals surface area contributed by atoms with Crippen molar-refractivity contribution in [3.05, 3.63) is 82.9 Å². The molecule has 3 aliphatic rings. The third-order valence-corrected chi connectivity index (χ3v) is 7.40. The van der Waals surface area contributed by atoms with Crippen molar-refractivity contribution in [2.75, 3.05) is 0 Å². The maximum atomic E-state index is 13.2. The number of imide groups is 1. The van der Waals surface area contributed by atoms with E-state index in [1.165, 1.54) is 17.1 Å². The maximum absolute atomic E-state index is 13.2. The van der Waals surface area contributed by atoms with Gasteiger partial charge in [-0.15, -0.1) is 0 Å². The minimum absolute atomic E-state index is 0.125. The smallest absolute Gasteiger partial charge is 0.255 e. The molecule has 2 unspecified atom stereocenters. The van der Waals surface area contributed by atoms with E-state index < -0.39 is 23.9 Å². The third-order valence-electron chi connectivity index (χ3n) is 7.40. The number of fused-ring (bicyclic) bond motifs is 1. The van der Waals surface area contributed by atoms with Crippen LogP contribution in [0, 0.1) is 5.92 Å². The van der Waals surface area contributed by atoms with E-state index in [2.05, 4.69) is 16.0 Å². The van der Waals surface area contributed by atoms with Gasteiger partial charge in [-0.05, 0) is 47.6 Å². The van der Waals surface area contributed by atoms with Crippen LogP contribution in [0.1, 0.15) is 65.2 Å². The van der Waals surface area contributed by atoms with Crippen molar-refractivity contribution in [1.82, 2.24) is 20.9 Å². The van der Waals surface area contributed by atoms with Crippen LogP contribution in [0.4, 0.5) is 0 Å². The second kappa shape index (κ2) is 11.0. The maximum Gasteiger partial charge on any atom is 0.255 e. The van der Waals surface area contributed by atoms with Crippen LogP contribution in [0.3, 0.4) is 0 Å². The first-order valence-corrected chi connectivity index (χ1v) is 13.0. The Balaban J connectivity index is 1.24. The van der Waals surface area contributed by atoms with Gasteiger partial charge in [0.15, 0.2) is 0 Å². The van der Waals surface area contributed by atoms with Gasteiger partial charge < -0.3 is 15.5 Å². The second-order valence-corrected chi connectivity index (χ2v) is 10.1. The van der Waals surface area contributed by atoms with Crippen LogP contribution < -0.4 is 16.0 Å². The second-order valence-electron chi connectivity index (χ2n) is 10.1. The fourth-order valence-electron chi connectivity index (χ4n) is 5.41. The highest BCUT2D eigenvalue weighted by Gasteiger charge is 2.37. The normalized spacial score (nSPS) is 19.7. The largest absolute Gasteiger partial charge is 0.350 e. The molecule has 196 valence electrons. The van der Waals surface area contributed by atoms with Crippen molar-refractivity contribution in [3.8, 4) is 0 Å². The molecule has 0 bridgehead atoms. The van der Waals surface area contributed by atoms with E-state index in [9.17, 15) is 24.0 Å². The van der Waals surface area contributed by atoms with E-state index in [4.69, 9.17) is 0 Å². The fraction of sp³-hybridized carbons (Fsp3) is 0.345. The van der Waals surface area contributed by atoms with Gasteiger partial charge in [0.2, 0.25) is 17.7 Å². The van der Waals surface area contributed by atoms with Crippen LogP contribution in [-0.4, -0.2) is 40.5 Å². The molecule has 1 saturated carbocycles. The number of hydrogen-bond donors (Lipinski definition) is 3. The third kappa shape index (κ3) is 5.51. The predicted octanol–water partition coefficient (Wildman–Crippen LogP) is 2.28. The Morgan fingerprint density at radius 1 is 1.03 bits per heavy atom. The lowest BCUT2D eigenvalue weighted by Crippen LogP contribution is -2.49. The number of amides is 5. The molecular weight excluding hydrogens is 484 g/mol. The molecule has 9 heteroatoms. The first-order valence-electron chi connectivity index (χ1n) is 13.0. The van der Waals surface area contributed by atoms with Crippen molar-refractivity contribution >= 4 is 29.5 Å². The van der Waals surface area contributed by atoms with E-state index in [1.54, 1.807) is 12.1 Å². The average molecular weight is 515 g/mol. The average Bonchev–Trinajstić information content (AvgIpc) is 3.54. The number of benzene rings is 2. The van der Waals surface area contributed by atoms with Crippen LogP contribution in [0.15, 0.2) is 60.7 Å². The van der Waals surface area contributed by atoms with Gasteiger partial charge in [-0.1, -0.05) is 55.3 Å². The first-order chi connectivity index (χ1) is 18.4. The van der Waals surface area contributed by atoms with Crippen molar-refractivity contribution in [3.63, 3.8) is 0 Å². The molecule has 2 heterocycles. The van der Waals surface area contributed by atoms with E-state index in [-0.39, 0.29) is 30.8 Å². The van der Waals surface area contributed by atoms with Gasteiger partial charge in [0.25, 0.3) is 11.8 Å². The summed E-state index contributed by atoms with van der Waals surface area (Å²) in [6.07, 6.45) is 7.50. The summed E-state index contributed by atoms with van der Waals surface area (Å²) in [5.74, 6) is -1.39. The summed E-state index contributed by atoms with van der Waals surface area (Å²) in [6, 6.07) is 12.8. The number of nitrogens with one attached hydrogen (secondary N) is 3. The molecule has 3 N–H and O–H groups in total. The van der Waals surface area contributed by atoms with Gasteiger partial charge in [-0.3, -0.25) is 29.3 Å². The Morgan fingerprint density at radius 3 is 2.53 bits per heavy atom. The Bertz CT molecular complexity index is 1300. The minimum atomic E-state index is -0.852. The van der Waals surface area contributed by atoms with Crippen molar-refractivity contribution < 1.29 is 24.0 Å². The lowest BCUT2D eigenvalue weighted by atomic mass is 10.0. The summed E-state index contributed by atoms with van der Waals surface area (Å²) in [6.45, 7) is 0.427. The van der Waals surface area contributed by atoms with Gasteiger partial charge in [0, 0.05) is 31.1 Å². The van der Waals surface area contributed by atoms with E-state index >= 15 is 0 Å². The molecule has 0 spiro atoms.